The molecule has 0 atom stereocenters. The second-order valence-corrected chi connectivity index (χ2v) is 6.15. The molecule has 0 aliphatic carbocycles. The number of rotatable bonds is 8. The SMILES string of the molecule is CN=C(NCc1ccccc1[N+](=O)[O-])N(C)CCc1ccc(OC)c(OC)c1. The van der Waals surface area contributed by atoms with Gasteiger partial charge in [-0.25, -0.2) is 0 Å². The van der Waals surface area contributed by atoms with Crippen LogP contribution in [0.3, 0.4) is 0 Å². The number of nitro benzene ring substituents is 1. The molecule has 2 rings (SSSR count). The quantitative estimate of drug-likeness (QED) is 0.325. The Labute approximate surface area is 164 Å². The number of nitrogens with one attached hydrogen (secondary N) is 1. The van der Waals surface area contributed by atoms with E-state index in [2.05, 4.69) is 10.3 Å². The first kappa shape index (κ1) is 21.0. The first-order valence-corrected chi connectivity index (χ1v) is 8.85. The molecule has 8 nitrogen and oxygen atoms in total. The van der Waals surface area contributed by atoms with Crippen LogP contribution in [0.2, 0.25) is 0 Å². The molecule has 8 heteroatoms. The third-order valence-electron chi connectivity index (χ3n) is 4.38. The van der Waals surface area contributed by atoms with Crippen molar-refractivity contribution in [1.29, 1.82) is 0 Å². The highest BCUT2D eigenvalue weighted by atomic mass is 16.6. The van der Waals surface area contributed by atoms with E-state index in [0.29, 0.717) is 36.1 Å². The van der Waals surface area contributed by atoms with Gasteiger partial charge in [0.1, 0.15) is 0 Å². The predicted octanol–water partition coefficient (Wildman–Crippen LogP) is 2.86. The molecule has 0 spiro atoms. The highest BCUT2D eigenvalue weighted by molar-refractivity contribution is 5.79. The molecule has 0 aliphatic heterocycles. The molecule has 1 N–H and O–H groups in total. The Hall–Kier alpha value is -3.29. The number of likely N-dealkylation sites (N-methyl/N-ethyl adjacent to an activating group) is 1. The molecule has 0 unspecified atom stereocenters. The van der Waals surface area contributed by atoms with Crippen LogP contribution in [0.5, 0.6) is 11.5 Å². The molecule has 2 aromatic rings. The molecule has 0 heterocycles. The van der Waals surface area contributed by atoms with Crippen molar-refractivity contribution in [1.82, 2.24) is 10.2 Å². The molecule has 2 aromatic carbocycles. The summed E-state index contributed by atoms with van der Waals surface area (Å²) in [7, 11) is 6.84. The van der Waals surface area contributed by atoms with Gasteiger partial charge in [-0.05, 0) is 24.1 Å². The van der Waals surface area contributed by atoms with Crippen LogP contribution >= 0.6 is 0 Å². The number of hydrogen-bond acceptors (Lipinski definition) is 5. The summed E-state index contributed by atoms with van der Waals surface area (Å²) in [6, 6.07) is 12.5. The number of guanidine groups is 1. The molecule has 0 amide bonds. The lowest BCUT2D eigenvalue weighted by molar-refractivity contribution is -0.385. The Bertz CT molecular complexity index is 839. The van der Waals surface area contributed by atoms with Crippen LogP contribution in [0.4, 0.5) is 5.69 Å². The fourth-order valence-corrected chi connectivity index (χ4v) is 2.84. The van der Waals surface area contributed by atoms with Crippen LogP contribution in [-0.4, -0.2) is 50.6 Å². The number of hydrogen-bond donors (Lipinski definition) is 1. The zero-order chi connectivity index (χ0) is 20.5. The minimum Gasteiger partial charge on any atom is -0.493 e. The lowest BCUT2D eigenvalue weighted by Gasteiger charge is -2.22. The summed E-state index contributed by atoms with van der Waals surface area (Å²) < 4.78 is 10.6. The van der Waals surface area contributed by atoms with E-state index in [4.69, 9.17) is 9.47 Å². The van der Waals surface area contributed by atoms with Gasteiger partial charge in [-0.3, -0.25) is 15.1 Å². The van der Waals surface area contributed by atoms with Crippen molar-refractivity contribution < 1.29 is 14.4 Å². The van der Waals surface area contributed by atoms with Gasteiger partial charge in [-0.1, -0.05) is 24.3 Å². The van der Waals surface area contributed by atoms with Crippen LogP contribution < -0.4 is 14.8 Å². The molecule has 0 aliphatic rings. The Balaban J connectivity index is 1.97. The summed E-state index contributed by atoms with van der Waals surface area (Å²) >= 11 is 0. The van der Waals surface area contributed by atoms with Gasteiger partial charge in [0, 0.05) is 38.8 Å². The van der Waals surface area contributed by atoms with Gasteiger partial charge in [0.15, 0.2) is 17.5 Å². The summed E-state index contributed by atoms with van der Waals surface area (Å²) in [6.07, 6.45) is 0.781. The Morgan fingerprint density at radius 2 is 1.89 bits per heavy atom. The molecule has 0 saturated carbocycles. The molecule has 0 bridgehead atoms. The molecule has 0 fully saturated rings. The van der Waals surface area contributed by atoms with Gasteiger partial charge in [-0.15, -0.1) is 0 Å². The zero-order valence-electron chi connectivity index (χ0n) is 16.6. The lowest BCUT2D eigenvalue weighted by Crippen LogP contribution is -2.39. The van der Waals surface area contributed by atoms with Gasteiger partial charge >= 0.3 is 0 Å². The Kier molecular flexibility index (Phi) is 7.62. The smallest absolute Gasteiger partial charge is 0.274 e. The number of nitrogens with zero attached hydrogens (tertiary/aromatic N) is 3. The van der Waals surface area contributed by atoms with Gasteiger partial charge < -0.3 is 19.7 Å². The van der Waals surface area contributed by atoms with Crippen molar-refractivity contribution in [2.24, 2.45) is 4.99 Å². The normalized spacial score (nSPS) is 11.1. The topological polar surface area (TPSA) is 89.2 Å². The van der Waals surface area contributed by atoms with Gasteiger partial charge in [0.2, 0.25) is 0 Å². The van der Waals surface area contributed by atoms with E-state index in [1.54, 1.807) is 39.5 Å². The summed E-state index contributed by atoms with van der Waals surface area (Å²) in [5.41, 5.74) is 1.82. The highest BCUT2D eigenvalue weighted by Gasteiger charge is 2.14. The largest absolute Gasteiger partial charge is 0.493 e. The standard InChI is InChI=1S/C20H26N4O4/c1-21-20(22-14-16-7-5-6-8-17(16)24(25)26)23(2)12-11-15-9-10-18(27-3)19(13-15)28-4/h5-10,13H,11-12,14H2,1-4H3,(H,21,22). The number of benzene rings is 2. The average Bonchev–Trinajstić information content (AvgIpc) is 2.72. The maximum atomic E-state index is 11.1. The van der Waals surface area contributed by atoms with Crippen LogP contribution in [0, 0.1) is 10.1 Å². The molecule has 0 radical (unpaired) electrons. The summed E-state index contributed by atoms with van der Waals surface area (Å²) in [4.78, 5) is 17.0. The summed E-state index contributed by atoms with van der Waals surface area (Å²) in [6.45, 7) is 1.04. The second-order valence-electron chi connectivity index (χ2n) is 6.15. The maximum Gasteiger partial charge on any atom is 0.274 e. The van der Waals surface area contributed by atoms with Crippen molar-refractivity contribution in [3.05, 3.63) is 63.7 Å². The summed E-state index contributed by atoms with van der Waals surface area (Å²) in [5.74, 6) is 2.06. The number of aliphatic imine (C=N–C) groups is 1. The average molecular weight is 386 g/mol. The number of ether oxygens (including phenoxy) is 2. The molecule has 28 heavy (non-hydrogen) atoms. The Morgan fingerprint density at radius 1 is 1.18 bits per heavy atom. The number of methoxy groups -OCH3 is 2. The van der Waals surface area contributed by atoms with Crippen molar-refractivity contribution in [3.8, 4) is 11.5 Å². The van der Waals surface area contributed by atoms with Crippen LogP contribution in [0.1, 0.15) is 11.1 Å². The lowest BCUT2D eigenvalue weighted by atomic mass is 10.1. The number of para-hydroxylation sites is 1. The van der Waals surface area contributed by atoms with E-state index in [1.807, 2.05) is 30.1 Å². The Morgan fingerprint density at radius 3 is 2.54 bits per heavy atom. The zero-order valence-corrected chi connectivity index (χ0v) is 16.6. The van der Waals surface area contributed by atoms with Crippen molar-refractivity contribution >= 4 is 11.6 Å². The monoisotopic (exact) mass is 386 g/mol. The highest BCUT2D eigenvalue weighted by Crippen LogP contribution is 2.27. The molecule has 150 valence electrons. The second kappa shape index (κ2) is 10.1. The predicted molar refractivity (Wildman–Crippen MR) is 109 cm³/mol. The van der Waals surface area contributed by atoms with E-state index < -0.39 is 0 Å². The van der Waals surface area contributed by atoms with E-state index in [1.165, 1.54) is 6.07 Å². The van der Waals surface area contributed by atoms with E-state index in [-0.39, 0.29) is 10.6 Å². The molecule has 0 aromatic heterocycles. The number of nitro groups is 1. The van der Waals surface area contributed by atoms with Crippen LogP contribution in [0.25, 0.3) is 0 Å². The third kappa shape index (κ3) is 5.35. The fourth-order valence-electron chi connectivity index (χ4n) is 2.84. The molecular weight excluding hydrogens is 360 g/mol. The molecular formula is C20H26N4O4. The van der Waals surface area contributed by atoms with Crippen molar-refractivity contribution in [2.45, 2.75) is 13.0 Å². The van der Waals surface area contributed by atoms with E-state index in [0.717, 1.165) is 12.0 Å². The van der Waals surface area contributed by atoms with Gasteiger partial charge in [0.05, 0.1) is 19.1 Å². The van der Waals surface area contributed by atoms with Crippen molar-refractivity contribution in [2.75, 3.05) is 34.9 Å². The first-order valence-electron chi connectivity index (χ1n) is 8.85. The molecule has 0 saturated heterocycles. The summed E-state index contributed by atoms with van der Waals surface area (Å²) in [5, 5.41) is 14.3. The van der Waals surface area contributed by atoms with E-state index in [9.17, 15) is 10.1 Å². The minimum absolute atomic E-state index is 0.0958. The first-order chi connectivity index (χ1) is 13.5. The van der Waals surface area contributed by atoms with Crippen LogP contribution in [-0.2, 0) is 13.0 Å². The van der Waals surface area contributed by atoms with Crippen LogP contribution in [0.15, 0.2) is 47.5 Å². The maximum absolute atomic E-state index is 11.1. The van der Waals surface area contributed by atoms with Gasteiger partial charge in [0.25, 0.3) is 5.69 Å². The third-order valence-corrected chi connectivity index (χ3v) is 4.38. The van der Waals surface area contributed by atoms with Gasteiger partial charge in [-0.2, -0.15) is 0 Å². The fraction of sp³-hybridized carbons (Fsp3) is 0.350. The minimum atomic E-state index is -0.374. The van der Waals surface area contributed by atoms with Crippen molar-refractivity contribution in [3.63, 3.8) is 0 Å². The van der Waals surface area contributed by atoms with E-state index >= 15 is 0 Å².